The Balaban J connectivity index is -0.00000182. The van der Waals surface area contributed by atoms with Gasteiger partial charge in [-0.3, -0.25) is 6.08 Å². The fraction of sp³-hybridized carbons (Fsp3) is 0.600. The van der Waals surface area contributed by atoms with Gasteiger partial charge in [0.1, 0.15) is 0 Å². The summed E-state index contributed by atoms with van der Waals surface area (Å²) in [5.41, 5.74) is 7.49. The van der Waals surface area contributed by atoms with Crippen LogP contribution in [0.5, 0.6) is 0 Å². The molecule has 0 radical (unpaired) electrons. The summed E-state index contributed by atoms with van der Waals surface area (Å²) in [6.45, 7) is 18.8. The van der Waals surface area contributed by atoms with Crippen LogP contribution in [-0.2, 0) is 34.6 Å². The molecule has 0 spiro atoms. The number of benzene rings is 1. The summed E-state index contributed by atoms with van der Waals surface area (Å²) in [6.07, 6.45) is 8.82. The Morgan fingerprint density at radius 3 is 1.53 bits per heavy atom. The van der Waals surface area contributed by atoms with Gasteiger partial charge in [0.15, 0.2) is 0 Å². The minimum absolute atomic E-state index is 0. The third-order valence-electron chi connectivity index (χ3n) is 7.04. The summed E-state index contributed by atoms with van der Waals surface area (Å²) in [5, 5.41) is 1.82. The average molecular weight is 522 g/mol. The molecular formula is C25H39Cl3SiTi. The number of hydrogen-bond acceptors (Lipinski definition) is 0. The molecular weight excluding hydrogens is 483 g/mol. The van der Waals surface area contributed by atoms with Crippen LogP contribution in [0.4, 0.5) is 0 Å². The van der Waals surface area contributed by atoms with Crippen molar-refractivity contribution < 1.29 is 58.9 Å². The molecule has 5 heteroatoms. The van der Waals surface area contributed by atoms with Crippen LogP contribution in [0.2, 0.25) is 17.1 Å². The predicted molar refractivity (Wildman–Crippen MR) is 120 cm³/mol. The summed E-state index contributed by atoms with van der Waals surface area (Å²) in [5.74, 6) is 0. The molecule has 1 aromatic rings. The normalized spacial score (nSPS) is 17.9. The molecule has 1 atom stereocenters. The Bertz CT molecular complexity index is 699. The van der Waals surface area contributed by atoms with Crippen molar-refractivity contribution in [1.82, 2.24) is 0 Å². The fourth-order valence-electron chi connectivity index (χ4n) is 5.20. The SMILES string of the molecule is CCC[Si](CCC)(c1cc(CC)cc(CC)c1)C1(C)[C-]=C(C)C(C)=C1C.[Cl-].[Cl-].[Cl-].[Ti+4]. The van der Waals surface area contributed by atoms with Crippen LogP contribution in [0.3, 0.4) is 0 Å². The number of hydrogen-bond donors (Lipinski definition) is 0. The van der Waals surface area contributed by atoms with Crippen LogP contribution in [0.1, 0.15) is 79.4 Å². The van der Waals surface area contributed by atoms with Crippen molar-refractivity contribution in [2.24, 2.45) is 0 Å². The zero-order valence-electron chi connectivity index (χ0n) is 20.1. The van der Waals surface area contributed by atoms with Gasteiger partial charge in [-0.05, 0) is 24.0 Å². The van der Waals surface area contributed by atoms with Gasteiger partial charge in [-0.25, -0.2) is 5.57 Å². The number of aryl methyl sites for hydroxylation is 2. The van der Waals surface area contributed by atoms with Gasteiger partial charge in [0.2, 0.25) is 0 Å². The van der Waals surface area contributed by atoms with Crippen molar-refractivity contribution in [3.8, 4) is 0 Å². The third kappa shape index (κ3) is 6.30. The quantitative estimate of drug-likeness (QED) is 0.279. The van der Waals surface area contributed by atoms with Gasteiger partial charge in [-0.1, -0.05) is 102 Å². The molecule has 0 nitrogen and oxygen atoms in total. The monoisotopic (exact) mass is 520 g/mol. The third-order valence-corrected chi connectivity index (χ3v) is 13.6. The Morgan fingerprint density at radius 1 is 0.800 bits per heavy atom. The van der Waals surface area contributed by atoms with Crippen molar-refractivity contribution in [2.45, 2.75) is 98.2 Å². The molecule has 2 rings (SSSR count). The van der Waals surface area contributed by atoms with Gasteiger partial charge in [0.05, 0.1) is 8.07 Å². The summed E-state index contributed by atoms with van der Waals surface area (Å²) in [7, 11) is -1.79. The van der Waals surface area contributed by atoms with Crippen LogP contribution < -0.4 is 42.4 Å². The topological polar surface area (TPSA) is 0 Å². The molecule has 0 amide bonds. The zero-order chi connectivity index (χ0) is 19.5. The zero-order valence-corrected chi connectivity index (χ0v) is 24.9. The van der Waals surface area contributed by atoms with Gasteiger partial charge in [0.25, 0.3) is 0 Å². The van der Waals surface area contributed by atoms with Crippen molar-refractivity contribution in [3.05, 3.63) is 52.1 Å². The van der Waals surface area contributed by atoms with E-state index in [1.807, 2.05) is 0 Å². The summed E-state index contributed by atoms with van der Waals surface area (Å²) in [6, 6.07) is 10.3. The van der Waals surface area contributed by atoms with E-state index in [0.29, 0.717) is 0 Å². The molecule has 1 aromatic carbocycles. The summed E-state index contributed by atoms with van der Waals surface area (Å²) >= 11 is 0. The van der Waals surface area contributed by atoms with Gasteiger partial charge < -0.3 is 37.2 Å². The van der Waals surface area contributed by atoms with Gasteiger partial charge in [-0.2, -0.15) is 11.1 Å². The number of halogens is 3. The van der Waals surface area contributed by atoms with Crippen molar-refractivity contribution >= 4 is 13.3 Å². The van der Waals surface area contributed by atoms with Crippen LogP contribution >= 0.6 is 0 Å². The van der Waals surface area contributed by atoms with Crippen LogP contribution in [0, 0.1) is 6.08 Å². The first-order valence-corrected chi connectivity index (χ1v) is 13.1. The molecule has 0 saturated carbocycles. The minimum Gasteiger partial charge on any atom is -1.00 e. The number of allylic oxidation sites excluding steroid dienone is 4. The molecule has 1 unspecified atom stereocenters. The molecule has 1 aliphatic carbocycles. The largest absolute Gasteiger partial charge is 4.00 e. The number of rotatable bonds is 8. The summed E-state index contributed by atoms with van der Waals surface area (Å²) < 4.78 is 0. The van der Waals surface area contributed by atoms with E-state index in [1.165, 1.54) is 47.2 Å². The standard InChI is InChI=1S/C25H39Si.3ClH.Ti/c1-9-13-26(14-10-2,25(8)18-19(5)20(6)21(25)7)24-16-22(11-3)15-23(12-4)17-24;;;;/h15-17H,9-14H2,1-8H3;3*1H;/q-1;;;;+4/p-3. The minimum atomic E-state index is -1.79. The molecule has 168 valence electrons. The predicted octanol–water partition coefficient (Wildman–Crippen LogP) is -1.84. The molecule has 0 bridgehead atoms. The van der Waals surface area contributed by atoms with E-state index in [2.05, 4.69) is 79.7 Å². The van der Waals surface area contributed by atoms with Crippen molar-refractivity contribution in [3.63, 3.8) is 0 Å². The molecule has 0 N–H and O–H groups in total. The second-order valence-corrected chi connectivity index (χ2v) is 13.2. The van der Waals surface area contributed by atoms with E-state index in [0.717, 1.165) is 12.8 Å². The molecule has 0 aromatic heterocycles. The van der Waals surface area contributed by atoms with Gasteiger partial charge in [-0.15, -0.1) is 6.92 Å². The van der Waals surface area contributed by atoms with Gasteiger partial charge >= 0.3 is 21.7 Å². The maximum absolute atomic E-state index is 4.02. The van der Waals surface area contributed by atoms with Crippen molar-refractivity contribution in [2.75, 3.05) is 0 Å². The molecule has 0 fully saturated rings. The Kier molecular flexibility index (Phi) is 17.1. The smallest absolute Gasteiger partial charge is 1.00 e. The molecule has 0 heterocycles. The van der Waals surface area contributed by atoms with Crippen LogP contribution in [0.15, 0.2) is 34.9 Å². The van der Waals surface area contributed by atoms with E-state index in [-0.39, 0.29) is 64.0 Å². The van der Waals surface area contributed by atoms with E-state index >= 15 is 0 Å². The Labute approximate surface area is 221 Å². The fourth-order valence-corrected chi connectivity index (χ4v) is 11.6. The van der Waals surface area contributed by atoms with E-state index in [1.54, 1.807) is 10.8 Å². The summed E-state index contributed by atoms with van der Waals surface area (Å²) in [4.78, 5) is 0. The average Bonchev–Trinajstić information content (AvgIpc) is 2.84. The maximum Gasteiger partial charge on any atom is 4.00 e. The maximum atomic E-state index is 4.02. The van der Waals surface area contributed by atoms with Crippen molar-refractivity contribution in [1.29, 1.82) is 0 Å². The van der Waals surface area contributed by atoms with Gasteiger partial charge in [0, 0.05) is 0 Å². The first kappa shape index (κ1) is 35.1. The van der Waals surface area contributed by atoms with E-state index < -0.39 is 8.07 Å². The first-order valence-electron chi connectivity index (χ1n) is 10.7. The molecule has 1 aliphatic rings. The Morgan fingerprint density at radius 2 is 1.23 bits per heavy atom. The molecule has 0 aliphatic heterocycles. The van der Waals surface area contributed by atoms with Crippen LogP contribution in [0.25, 0.3) is 0 Å². The first-order chi connectivity index (χ1) is 12.3. The van der Waals surface area contributed by atoms with Crippen LogP contribution in [-0.4, -0.2) is 8.07 Å². The van der Waals surface area contributed by atoms with E-state index in [9.17, 15) is 0 Å². The second-order valence-electron chi connectivity index (χ2n) is 8.45. The van der Waals surface area contributed by atoms with E-state index in [4.69, 9.17) is 0 Å². The molecule has 30 heavy (non-hydrogen) atoms. The Hall–Kier alpha value is 0.501. The second kappa shape index (κ2) is 14.6. The molecule has 0 saturated heterocycles.